The zero-order valence-electron chi connectivity index (χ0n) is 22.6. The Morgan fingerprint density at radius 3 is 2.37 bits per heavy atom. The third-order valence-corrected chi connectivity index (χ3v) is 6.95. The van der Waals surface area contributed by atoms with Crippen molar-refractivity contribution in [3.05, 3.63) is 64.7 Å². The van der Waals surface area contributed by atoms with E-state index in [0.717, 1.165) is 42.9 Å². The number of carbonyl (C=O) groups excluding carboxylic acids is 2. The molecule has 1 unspecified atom stereocenters. The molecule has 2 aromatic rings. The molecular weight excluding hydrogens is 484 g/mol. The van der Waals surface area contributed by atoms with Crippen molar-refractivity contribution >= 4 is 17.4 Å². The molecule has 0 spiro atoms. The highest BCUT2D eigenvalue weighted by molar-refractivity contribution is 6.46. The highest BCUT2D eigenvalue weighted by Crippen LogP contribution is 2.40. The van der Waals surface area contributed by atoms with E-state index in [1.807, 2.05) is 51.1 Å². The Labute approximate surface area is 224 Å². The highest BCUT2D eigenvalue weighted by Gasteiger charge is 2.46. The summed E-state index contributed by atoms with van der Waals surface area (Å²) in [6.45, 7) is 11.3. The number of ether oxygens (including phenoxy) is 3. The lowest BCUT2D eigenvalue weighted by molar-refractivity contribution is -0.140. The molecule has 2 aromatic carbocycles. The van der Waals surface area contributed by atoms with Gasteiger partial charge in [0.1, 0.15) is 17.3 Å². The minimum absolute atomic E-state index is 0.107. The number of carbonyl (C=O) groups is 2. The molecule has 0 aliphatic carbocycles. The van der Waals surface area contributed by atoms with Crippen LogP contribution in [-0.4, -0.2) is 79.2 Å². The molecule has 2 saturated heterocycles. The fourth-order valence-electron chi connectivity index (χ4n) is 5.02. The minimum Gasteiger partial charge on any atom is -0.507 e. The van der Waals surface area contributed by atoms with Crippen molar-refractivity contribution in [2.75, 3.05) is 52.6 Å². The van der Waals surface area contributed by atoms with Crippen molar-refractivity contribution in [3.8, 4) is 11.5 Å². The maximum atomic E-state index is 13.4. The summed E-state index contributed by atoms with van der Waals surface area (Å²) in [5.74, 6) is -0.0191. The predicted molar refractivity (Wildman–Crippen MR) is 145 cm³/mol. The third kappa shape index (κ3) is 6.19. The van der Waals surface area contributed by atoms with Crippen molar-refractivity contribution in [1.29, 1.82) is 0 Å². The van der Waals surface area contributed by atoms with Crippen LogP contribution in [0.25, 0.3) is 5.76 Å². The summed E-state index contributed by atoms with van der Waals surface area (Å²) in [7, 11) is 0. The van der Waals surface area contributed by atoms with Gasteiger partial charge in [0, 0.05) is 31.7 Å². The van der Waals surface area contributed by atoms with Gasteiger partial charge in [-0.05, 0) is 68.1 Å². The number of aliphatic hydroxyl groups is 1. The van der Waals surface area contributed by atoms with Crippen LogP contribution in [0.5, 0.6) is 11.5 Å². The second-order valence-electron chi connectivity index (χ2n) is 9.63. The van der Waals surface area contributed by atoms with Crippen LogP contribution in [0.1, 0.15) is 49.4 Å². The molecule has 0 aromatic heterocycles. The fraction of sp³-hybridized carbons (Fsp3) is 0.467. The van der Waals surface area contributed by atoms with E-state index in [9.17, 15) is 14.7 Å². The van der Waals surface area contributed by atoms with E-state index in [0.29, 0.717) is 50.7 Å². The quantitative estimate of drug-likeness (QED) is 0.267. The third-order valence-electron chi connectivity index (χ3n) is 6.95. The zero-order chi connectivity index (χ0) is 27.1. The molecule has 2 heterocycles. The molecule has 0 radical (unpaired) electrons. The standard InChI is InChI=1S/C30H38N2O6/c1-4-17-38-23-9-7-22(8-10-23)27-26(28(33)25-12-11-24(37-5-2)20-21(25)3)29(34)30(35)32(27)14-6-13-31-15-18-36-19-16-31/h7-12,20,27,33H,4-6,13-19H2,1-3H3. The maximum absolute atomic E-state index is 13.4. The molecule has 8 nitrogen and oxygen atoms in total. The van der Waals surface area contributed by atoms with E-state index in [-0.39, 0.29) is 11.3 Å². The van der Waals surface area contributed by atoms with Crippen LogP contribution in [0.15, 0.2) is 48.0 Å². The number of amides is 1. The van der Waals surface area contributed by atoms with Crippen LogP contribution in [-0.2, 0) is 14.3 Å². The Hall–Kier alpha value is -3.36. The summed E-state index contributed by atoms with van der Waals surface area (Å²) in [6, 6.07) is 12.1. The van der Waals surface area contributed by atoms with Crippen LogP contribution in [0, 0.1) is 6.92 Å². The number of benzene rings is 2. The smallest absolute Gasteiger partial charge is 0.295 e. The molecule has 2 aliphatic heterocycles. The topological polar surface area (TPSA) is 88.5 Å². The lowest BCUT2D eigenvalue weighted by Crippen LogP contribution is -2.38. The van der Waals surface area contributed by atoms with Gasteiger partial charge in [-0.25, -0.2) is 0 Å². The first-order valence-corrected chi connectivity index (χ1v) is 13.5. The number of hydrogen-bond acceptors (Lipinski definition) is 7. The number of morpholine rings is 1. The van der Waals surface area contributed by atoms with Crippen LogP contribution in [0.3, 0.4) is 0 Å². The number of rotatable bonds is 11. The van der Waals surface area contributed by atoms with Crippen molar-refractivity contribution in [3.63, 3.8) is 0 Å². The molecule has 1 atom stereocenters. The predicted octanol–water partition coefficient (Wildman–Crippen LogP) is 4.33. The Balaban J connectivity index is 1.68. The lowest BCUT2D eigenvalue weighted by Gasteiger charge is -2.29. The van der Waals surface area contributed by atoms with Gasteiger partial charge in [0.05, 0.1) is 38.0 Å². The molecule has 0 saturated carbocycles. The molecule has 2 fully saturated rings. The maximum Gasteiger partial charge on any atom is 0.295 e. The number of ketones is 1. The Morgan fingerprint density at radius 2 is 1.71 bits per heavy atom. The monoisotopic (exact) mass is 522 g/mol. The van der Waals surface area contributed by atoms with E-state index in [1.54, 1.807) is 17.0 Å². The second kappa shape index (κ2) is 12.9. The van der Waals surface area contributed by atoms with Crippen LogP contribution < -0.4 is 9.47 Å². The fourth-order valence-corrected chi connectivity index (χ4v) is 5.02. The molecule has 0 bridgehead atoms. The van der Waals surface area contributed by atoms with Gasteiger partial charge in [-0.1, -0.05) is 19.1 Å². The van der Waals surface area contributed by atoms with Crippen LogP contribution >= 0.6 is 0 Å². The minimum atomic E-state index is -0.689. The first-order chi connectivity index (χ1) is 18.4. The van der Waals surface area contributed by atoms with E-state index in [4.69, 9.17) is 14.2 Å². The Bertz CT molecular complexity index is 1150. The first kappa shape index (κ1) is 27.7. The number of Topliss-reactive ketones (excluding diaryl/α,β-unsaturated/α-hetero) is 1. The van der Waals surface area contributed by atoms with E-state index < -0.39 is 17.7 Å². The van der Waals surface area contributed by atoms with Gasteiger partial charge in [-0.3, -0.25) is 14.5 Å². The van der Waals surface area contributed by atoms with Crippen molar-refractivity contribution in [2.24, 2.45) is 0 Å². The highest BCUT2D eigenvalue weighted by atomic mass is 16.5. The number of nitrogens with zero attached hydrogens (tertiary/aromatic N) is 2. The molecular formula is C30H38N2O6. The molecule has 204 valence electrons. The summed E-state index contributed by atoms with van der Waals surface area (Å²) >= 11 is 0. The molecule has 4 rings (SSSR count). The van der Waals surface area contributed by atoms with Gasteiger partial charge in [-0.2, -0.15) is 0 Å². The van der Waals surface area contributed by atoms with Crippen molar-refractivity contribution in [1.82, 2.24) is 9.80 Å². The van der Waals surface area contributed by atoms with Gasteiger partial charge < -0.3 is 24.2 Å². The summed E-state index contributed by atoms with van der Waals surface area (Å²) < 4.78 is 16.7. The SMILES string of the molecule is CCCOc1ccc(C2C(=C(O)c3ccc(OCC)cc3C)C(=O)C(=O)N2CCCN2CCOCC2)cc1. The van der Waals surface area contributed by atoms with Gasteiger partial charge in [0.15, 0.2) is 0 Å². The van der Waals surface area contributed by atoms with Gasteiger partial charge in [-0.15, -0.1) is 0 Å². The van der Waals surface area contributed by atoms with Gasteiger partial charge >= 0.3 is 0 Å². The Kier molecular flexibility index (Phi) is 9.42. The summed E-state index contributed by atoms with van der Waals surface area (Å²) in [4.78, 5) is 30.6. The second-order valence-corrected chi connectivity index (χ2v) is 9.63. The molecule has 2 aliphatic rings. The summed E-state index contributed by atoms with van der Waals surface area (Å²) in [5.41, 5.74) is 2.13. The summed E-state index contributed by atoms with van der Waals surface area (Å²) in [5, 5.41) is 11.5. The van der Waals surface area contributed by atoms with E-state index >= 15 is 0 Å². The number of likely N-dealkylation sites (tertiary alicyclic amines) is 1. The average molecular weight is 523 g/mol. The molecule has 1 amide bonds. The van der Waals surface area contributed by atoms with Crippen LogP contribution in [0.2, 0.25) is 0 Å². The lowest BCUT2D eigenvalue weighted by atomic mass is 9.93. The number of hydrogen-bond donors (Lipinski definition) is 1. The van der Waals surface area contributed by atoms with Gasteiger partial charge in [0.2, 0.25) is 0 Å². The Morgan fingerprint density at radius 1 is 1.00 bits per heavy atom. The number of aryl methyl sites for hydroxylation is 1. The van der Waals surface area contributed by atoms with Crippen molar-refractivity contribution < 1.29 is 28.9 Å². The largest absolute Gasteiger partial charge is 0.507 e. The first-order valence-electron chi connectivity index (χ1n) is 13.5. The van der Waals surface area contributed by atoms with Gasteiger partial charge in [0.25, 0.3) is 11.7 Å². The van der Waals surface area contributed by atoms with E-state index in [1.165, 1.54) is 0 Å². The molecule has 8 heteroatoms. The summed E-state index contributed by atoms with van der Waals surface area (Å²) in [6.07, 6.45) is 1.61. The normalized spacial score (nSPS) is 19.7. The molecule has 38 heavy (non-hydrogen) atoms. The van der Waals surface area contributed by atoms with E-state index in [2.05, 4.69) is 4.90 Å². The van der Waals surface area contributed by atoms with Crippen molar-refractivity contribution in [2.45, 2.75) is 39.7 Å². The number of aliphatic hydroxyl groups excluding tert-OH is 1. The zero-order valence-corrected chi connectivity index (χ0v) is 22.6. The molecule has 1 N–H and O–H groups in total. The average Bonchev–Trinajstić information content (AvgIpc) is 3.18. The van der Waals surface area contributed by atoms with Crippen LogP contribution in [0.4, 0.5) is 0 Å².